The number of rotatable bonds is 7. The maximum Gasteiger partial charge on any atom is 0.254 e. The van der Waals surface area contributed by atoms with Gasteiger partial charge in [0.2, 0.25) is 11.9 Å². The number of hydrogen-bond acceptors (Lipinski definition) is 7. The van der Waals surface area contributed by atoms with Crippen LogP contribution in [0.2, 0.25) is 5.02 Å². The fourth-order valence-corrected chi connectivity index (χ4v) is 4.75. The van der Waals surface area contributed by atoms with E-state index in [1.807, 2.05) is 12.1 Å². The van der Waals surface area contributed by atoms with Gasteiger partial charge in [0.1, 0.15) is 12.4 Å². The predicted molar refractivity (Wildman–Crippen MR) is 135 cm³/mol. The number of nitrogens with one attached hydrogen (secondary N) is 2. The first-order valence-corrected chi connectivity index (χ1v) is 12.5. The van der Waals surface area contributed by atoms with Gasteiger partial charge in [-0.3, -0.25) is 14.6 Å². The largest absolute Gasteiger partial charge is 0.381 e. The Labute approximate surface area is 218 Å². The molecule has 0 bridgehead atoms. The van der Waals surface area contributed by atoms with Gasteiger partial charge in [0.05, 0.1) is 28.6 Å². The predicted octanol–water partition coefficient (Wildman–Crippen LogP) is 3.76. The molecular formula is C26H26ClFN6O3. The van der Waals surface area contributed by atoms with Crippen molar-refractivity contribution in [3.8, 4) is 11.3 Å². The summed E-state index contributed by atoms with van der Waals surface area (Å²) in [5.41, 5.74) is 2.63. The minimum Gasteiger partial charge on any atom is -0.381 e. The van der Waals surface area contributed by atoms with E-state index in [0.717, 1.165) is 18.4 Å². The van der Waals surface area contributed by atoms with Gasteiger partial charge in [0.15, 0.2) is 0 Å². The van der Waals surface area contributed by atoms with E-state index in [4.69, 9.17) is 16.3 Å². The smallest absolute Gasteiger partial charge is 0.254 e. The van der Waals surface area contributed by atoms with Gasteiger partial charge in [-0.25, -0.2) is 14.4 Å². The zero-order valence-corrected chi connectivity index (χ0v) is 21.0. The molecular weight excluding hydrogens is 499 g/mol. The summed E-state index contributed by atoms with van der Waals surface area (Å²) >= 11 is 6.42. The van der Waals surface area contributed by atoms with E-state index < -0.39 is 17.8 Å². The molecule has 192 valence electrons. The number of aromatic nitrogens is 3. The van der Waals surface area contributed by atoms with Crippen LogP contribution in [0.3, 0.4) is 0 Å². The van der Waals surface area contributed by atoms with Crippen molar-refractivity contribution >= 4 is 29.4 Å². The Balaban J connectivity index is 1.27. The van der Waals surface area contributed by atoms with Crippen molar-refractivity contribution in [1.29, 1.82) is 0 Å². The van der Waals surface area contributed by atoms with E-state index in [1.165, 1.54) is 23.2 Å². The van der Waals surface area contributed by atoms with Crippen LogP contribution >= 0.6 is 11.6 Å². The molecule has 0 aliphatic carbocycles. The van der Waals surface area contributed by atoms with Gasteiger partial charge < -0.3 is 20.3 Å². The van der Waals surface area contributed by atoms with Crippen LogP contribution in [0.25, 0.3) is 11.3 Å². The van der Waals surface area contributed by atoms with Crippen molar-refractivity contribution in [3.63, 3.8) is 0 Å². The second-order valence-corrected chi connectivity index (χ2v) is 9.52. The van der Waals surface area contributed by atoms with Crippen molar-refractivity contribution in [3.05, 3.63) is 70.4 Å². The van der Waals surface area contributed by atoms with Gasteiger partial charge >= 0.3 is 0 Å². The van der Waals surface area contributed by atoms with Crippen LogP contribution in [0, 0.1) is 5.82 Å². The maximum atomic E-state index is 14.0. The highest BCUT2D eigenvalue weighted by Gasteiger charge is 2.30. The average molecular weight is 525 g/mol. The third-order valence-corrected chi connectivity index (χ3v) is 6.75. The van der Waals surface area contributed by atoms with Crippen molar-refractivity contribution in [2.45, 2.75) is 38.4 Å². The number of benzene rings is 1. The number of pyridine rings is 1. The van der Waals surface area contributed by atoms with Crippen LogP contribution in [0.5, 0.6) is 0 Å². The van der Waals surface area contributed by atoms with Crippen LogP contribution in [0.4, 0.5) is 10.3 Å². The van der Waals surface area contributed by atoms with Crippen molar-refractivity contribution < 1.29 is 18.7 Å². The maximum absolute atomic E-state index is 14.0. The number of nitrogens with zero attached hydrogens (tertiary/aromatic N) is 4. The molecule has 3 aromatic rings. The van der Waals surface area contributed by atoms with Crippen molar-refractivity contribution in [2.75, 3.05) is 25.1 Å². The second-order valence-electron chi connectivity index (χ2n) is 9.11. The number of carbonyl (C=O) groups excluding carboxylic acids is 2. The summed E-state index contributed by atoms with van der Waals surface area (Å²) in [6, 6.07) is 7.81. The molecule has 37 heavy (non-hydrogen) atoms. The van der Waals surface area contributed by atoms with Gasteiger partial charge in [0.25, 0.3) is 5.91 Å². The molecule has 1 saturated heterocycles. The minimum atomic E-state index is -0.635. The average Bonchev–Trinajstić information content (AvgIpc) is 3.20. The molecule has 0 radical (unpaired) electrons. The van der Waals surface area contributed by atoms with Gasteiger partial charge in [-0.1, -0.05) is 23.7 Å². The number of halogens is 2. The topological polar surface area (TPSA) is 109 Å². The van der Waals surface area contributed by atoms with E-state index >= 15 is 0 Å². The van der Waals surface area contributed by atoms with Crippen LogP contribution in [-0.4, -0.2) is 57.5 Å². The van der Waals surface area contributed by atoms with E-state index in [2.05, 4.69) is 25.6 Å². The van der Waals surface area contributed by atoms with E-state index in [9.17, 15) is 14.0 Å². The van der Waals surface area contributed by atoms with Gasteiger partial charge in [-0.15, -0.1) is 0 Å². The number of ether oxygens (including phenoxy) is 1. The normalized spacial score (nSPS) is 16.4. The summed E-state index contributed by atoms with van der Waals surface area (Å²) in [6.07, 6.45) is 4.75. The zero-order valence-electron chi connectivity index (χ0n) is 20.2. The summed E-state index contributed by atoms with van der Waals surface area (Å²) < 4.78 is 19.4. The SMILES string of the molecule is CC(NC(=O)CN1Cc2ccc(-c3nc(NC4CCOCC4)ncc3Cl)cc2C1=O)c1ncccc1F. The molecule has 0 spiro atoms. The molecule has 4 heterocycles. The van der Waals surface area contributed by atoms with Crippen LogP contribution < -0.4 is 10.6 Å². The van der Waals surface area contributed by atoms with Crippen LogP contribution in [0.1, 0.15) is 47.4 Å². The minimum absolute atomic E-state index is 0.143. The monoisotopic (exact) mass is 524 g/mol. The van der Waals surface area contributed by atoms with Gasteiger partial charge in [-0.05, 0) is 43.5 Å². The molecule has 5 rings (SSSR count). The standard InChI is InChI=1S/C26H26ClFN6O3/c1-15(23-21(28)3-2-8-29-23)31-22(35)14-34-13-17-5-4-16(11-19(17)25(34)36)24-20(27)12-30-26(33-24)32-18-6-9-37-10-7-18/h2-5,8,11-12,15,18H,6-7,9-10,13-14H2,1H3,(H,31,35)(H,30,32,33). The fourth-order valence-electron chi connectivity index (χ4n) is 4.55. The number of anilines is 1. The highest BCUT2D eigenvalue weighted by atomic mass is 35.5. The highest BCUT2D eigenvalue weighted by molar-refractivity contribution is 6.33. The number of hydrogen-bond donors (Lipinski definition) is 2. The lowest BCUT2D eigenvalue weighted by atomic mass is 10.0. The zero-order chi connectivity index (χ0) is 25.9. The fraction of sp³-hybridized carbons (Fsp3) is 0.346. The molecule has 1 atom stereocenters. The number of amides is 2. The summed E-state index contributed by atoms with van der Waals surface area (Å²) in [5.74, 6) is -0.701. The Hall–Kier alpha value is -3.63. The lowest BCUT2D eigenvalue weighted by molar-refractivity contribution is -0.122. The lowest BCUT2D eigenvalue weighted by Gasteiger charge is -2.23. The molecule has 2 aliphatic rings. The molecule has 11 heteroatoms. The Bertz CT molecular complexity index is 1330. The molecule has 1 aromatic carbocycles. The summed E-state index contributed by atoms with van der Waals surface area (Å²) in [6.45, 7) is 3.17. The molecule has 2 aromatic heterocycles. The van der Waals surface area contributed by atoms with Gasteiger partial charge in [0, 0.05) is 43.1 Å². The first kappa shape index (κ1) is 25.0. The highest BCUT2D eigenvalue weighted by Crippen LogP contribution is 2.31. The van der Waals surface area contributed by atoms with Gasteiger partial charge in [-0.2, -0.15) is 0 Å². The van der Waals surface area contributed by atoms with E-state index in [0.29, 0.717) is 47.6 Å². The Morgan fingerprint density at radius 1 is 1.27 bits per heavy atom. The molecule has 2 amide bonds. The first-order valence-electron chi connectivity index (χ1n) is 12.1. The summed E-state index contributed by atoms with van der Waals surface area (Å²) in [5, 5.41) is 6.41. The Morgan fingerprint density at radius 2 is 2.08 bits per heavy atom. The van der Waals surface area contributed by atoms with E-state index in [-0.39, 0.29) is 24.2 Å². The number of carbonyl (C=O) groups is 2. The third kappa shape index (κ3) is 5.55. The molecule has 0 saturated carbocycles. The second kappa shape index (κ2) is 10.8. The summed E-state index contributed by atoms with van der Waals surface area (Å²) in [4.78, 5) is 40.1. The molecule has 9 nitrogen and oxygen atoms in total. The van der Waals surface area contributed by atoms with Crippen LogP contribution in [-0.2, 0) is 16.1 Å². The lowest BCUT2D eigenvalue weighted by Crippen LogP contribution is -2.38. The molecule has 2 N–H and O–H groups in total. The van der Waals surface area contributed by atoms with Crippen LogP contribution in [0.15, 0.2) is 42.7 Å². The molecule has 1 fully saturated rings. The van der Waals surface area contributed by atoms with E-state index in [1.54, 1.807) is 19.2 Å². The molecule has 2 aliphatic heterocycles. The molecule has 1 unspecified atom stereocenters. The third-order valence-electron chi connectivity index (χ3n) is 6.47. The summed E-state index contributed by atoms with van der Waals surface area (Å²) in [7, 11) is 0. The Kier molecular flexibility index (Phi) is 7.29. The quantitative estimate of drug-likeness (QED) is 0.484. The number of fused-ring (bicyclic) bond motifs is 1. The van der Waals surface area contributed by atoms with Crippen molar-refractivity contribution in [1.82, 2.24) is 25.2 Å². The van der Waals surface area contributed by atoms with Crippen molar-refractivity contribution in [2.24, 2.45) is 0 Å². The first-order chi connectivity index (χ1) is 17.9. The Morgan fingerprint density at radius 3 is 2.86 bits per heavy atom.